The molecule has 2 heteroatoms. The fourth-order valence-corrected chi connectivity index (χ4v) is 6.94. The predicted molar refractivity (Wildman–Crippen MR) is 176 cm³/mol. The van der Waals surface area contributed by atoms with E-state index in [4.69, 9.17) is 9.97 Å². The fourth-order valence-electron chi connectivity index (χ4n) is 6.94. The summed E-state index contributed by atoms with van der Waals surface area (Å²) in [6.45, 7) is 0. The topological polar surface area (TPSA) is 25.8 Å². The maximum atomic E-state index is 5.28. The molecule has 2 aromatic heterocycles. The summed E-state index contributed by atoms with van der Waals surface area (Å²) in [5.74, 6) is 0.324. The van der Waals surface area contributed by atoms with Crippen molar-refractivity contribution < 1.29 is 0 Å². The minimum Gasteiger partial charge on any atom is -0.260 e. The zero-order valence-corrected chi connectivity index (χ0v) is 23.8. The molecule has 0 amide bonds. The Morgan fingerprint density at radius 2 is 1.30 bits per heavy atom. The van der Waals surface area contributed by atoms with Gasteiger partial charge in [-0.2, -0.15) is 0 Å². The van der Waals surface area contributed by atoms with Crippen LogP contribution in [0.4, 0.5) is 0 Å². The first-order valence-electron chi connectivity index (χ1n) is 14.9. The number of rotatable bonds is 5. The van der Waals surface area contributed by atoms with Crippen molar-refractivity contribution in [3.8, 4) is 33.6 Å². The molecule has 43 heavy (non-hydrogen) atoms. The summed E-state index contributed by atoms with van der Waals surface area (Å²) in [6.07, 6.45) is 11.7. The Bertz CT molecular complexity index is 1950. The maximum absolute atomic E-state index is 5.28. The second-order valence-electron chi connectivity index (χ2n) is 11.3. The van der Waals surface area contributed by atoms with Crippen molar-refractivity contribution in [2.75, 3.05) is 0 Å². The quantitative estimate of drug-likeness (QED) is 0.213. The first-order chi connectivity index (χ1) is 21.3. The molecule has 0 aliphatic heterocycles. The lowest BCUT2D eigenvalue weighted by molar-refractivity contribution is 0.735. The second-order valence-corrected chi connectivity index (χ2v) is 11.3. The van der Waals surface area contributed by atoms with E-state index in [1.807, 2.05) is 12.3 Å². The third-order valence-electron chi connectivity index (χ3n) is 8.92. The molecule has 2 atom stereocenters. The van der Waals surface area contributed by atoms with E-state index < -0.39 is 5.41 Å². The SMILES string of the molecule is C1=CCC(c2cc(-c3ccccc3)nc(-c3ccc4c(c3)C(c3ccccc3)(c3ccccn3)c3ccccc3-4)c2)C=C1. The highest BCUT2D eigenvalue weighted by atomic mass is 14.7. The number of benzene rings is 4. The normalized spacial score (nSPS) is 18.3. The highest BCUT2D eigenvalue weighted by Gasteiger charge is 2.47. The molecule has 2 aliphatic carbocycles. The lowest BCUT2D eigenvalue weighted by Gasteiger charge is -2.32. The first-order valence-corrected chi connectivity index (χ1v) is 14.9. The van der Waals surface area contributed by atoms with Crippen LogP contribution in [0.2, 0.25) is 0 Å². The largest absolute Gasteiger partial charge is 0.260 e. The minimum atomic E-state index is -0.540. The third kappa shape index (κ3) is 4.18. The van der Waals surface area contributed by atoms with Gasteiger partial charge in [-0.3, -0.25) is 4.98 Å². The number of hydrogen-bond donors (Lipinski definition) is 0. The first kappa shape index (κ1) is 25.4. The van der Waals surface area contributed by atoms with Crippen LogP contribution in [0.25, 0.3) is 33.6 Å². The molecule has 204 valence electrons. The fraction of sp³-hybridized carbons (Fsp3) is 0.0732. The highest BCUT2D eigenvalue weighted by Crippen LogP contribution is 2.56. The zero-order chi connectivity index (χ0) is 28.6. The second kappa shape index (κ2) is 10.5. The van der Waals surface area contributed by atoms with E-state index in [0.717, 1.165) is 34.6 Å². The lowest BCUT2D eigenvalue weighted by atomic mass is 9.69. The van der Waals surface area contributed by atoms with Crippen LogP contribution in [0.3, 0.4) is 0 Å². The summed E-state index contributed by atoms with van der Waals surface area (Å²) >= 11 is 0. The Kier molecular flexibility index (Phi) is 6.19. The Hall–Kier alpha value is -5.34. The summed E-state index contributed by atoms with van der Waals surface area (Å²) < 4.78 is 0. The molecule has 8 rings (SSSR count). The lowest BCUT2D eigenvalue weighted by Crippen LogP contribution is -2.29. The summed E-state index contributed by atoms with van der Waals surface area (Å²) in [5.41, 5.74) is 12.2. The van der Waals surface area contributed by atoms with Crippen molar-refractivity contribution in [2.24, 2.45) is 0 Å². The van der Waals surface area contributed by atoms with Crippen LogP contribution in [-0.2, 0) is 5.41 Å². The van der Waals surface area contributed by atoms with Crippen LogP contribution >= 0.6 is 0 Å². The molecule has 2 nitrogen and oxygen atoms in total. The van der Waals surface area contributed by atoms with Crippen molar-refractivity contribution >= 4 is 0 Å². The van der Waals surface area contributed by atoms with Crippen molar-refractivity contribution in [3.05, 3.63) is 192 Å². The zero-order valence-electron chi connectivity index (χ0n) is 23.8. The molecule has 0 saturated carbocycles. The van der Waals surface area contributed by atoms with Crippen LogP contribution in [-0.4, -0.2) is 9.97 Å². The van der Waals surface area contributed by atoms with E-state index in [2.05, 4.69) is 152 Å². The summed E-state index contributed by atoms with van der Waals surface area (Å²) in [7, 11) is 0. The van der Waals surface area contributed by atoms with Crippen LogP contribution in [0.15, 0.2) is 164 Å². The van der Waals surface area contributed by atoms with Crippen molar-refractivity contribution in [1.29, 1.82) is 0 Å². The molecule has 4 aromatic carbocycles. The predicted octanol–water partition coefficient (Wildman–Crippen LogP) is 9.77. The molecule has 2 heterocycles. The maximum Gasteiger partial charge on any atom is 0.0886 e. The summed E-state index contributed by atoms with van der Waals surface area (Å²) in [5, 5.41) is 0. The van der Waals surface area contributed by atoms with E-state index in [1.165, 1.54) is 33.4 Å². The van der Waals surface area contributed by atoms with Crippen LogP contribution in [0, 0.1) is 0 Å². The van der Waals surface area contributed by atoms with Crippen molar-refractivity contribution in [1.82, 2.24) is 9.97 Å². The van der Waals surface area contributed by atoms with Gasteiger partial charge in [0.2, 0.25) is 0 Å². The molecule has 0 fully saturated rings. The van der Waals surface area contributed by atoms with E-state index in [-0.39, 0.29) is 0 Å². The highest BCUT2D eigenvalue weighted by molar-refractivity contribution is 5.88. The molecule has 2 aliphatic rings. The van der Waals surface area contributed by atoms with E-state index >= 15 is 0 Å². The van der Waals surface area contributed by atoms with Crippen molar-refractivity contribution in [3.63, 3.8) is 0 Å². The number of hydrogen-bond acceptors (Lipinski definition) is 2. The Labute approximate surface area is 252 Å². The number of pyridine rings is 2. The van der Waals surface area contributed by atoms with E-state index in [1.54, 1.807) is 0 Å². The van der Waals surface area contributed by atoms with Gasteiger partial charge >= 0.3 is 0 Å². The van der Waals surface area contributed by atoms with Gasteiger partial charge in [0.1, 0.15) is 0 Å². The molecule has 0 spiro atoms. The van der Waals surface area contributed by atoms with Gasteiger partial charge in [-0.05, 0) is 70.1 Å². The Morgan fingerprint density at radius 3 is 2.07 bits per heavy atom. The number of nitrogens with zero attached hydrogens (tertiary/aromatic N) is 2. The van der Waals surface area contributed by atoms with Gasteiger partial charge in [0.05, 0.1) is 22.5 Å². The van der Waals surface area contributed by atoms with Crippen molar-refractivity contribution in [2.45, 2.75) is 17.8 Å². The Morgan fingerprint density at radius 1 is 0.581 bits per heavy atom. The van der Waals surface area contributed by atoms with E-state index in [9.17, 15) is 0 Å². The molecule has 0 radical (unpaired) electrons. The molecule has 0 N–H and O–H groups in total. The molecule has 0 bridgehead atoms. The monoisotopic (exact) mass is 550 g/mol. The standard InChI is InChI=1S/C41H30N2/c1-4-14-29(15-5-1)32-27-38(30-16-6-2-7-17-30)43-39(28-32)31-23-24-35-34-20-10-11-21-36(34)41(37(35)26-31,33-18-8-3-9-19-33)40-22-12-13-25-42-40/h1-14,16-29H,15H2. The molecular formula is C41H30N2. The minimum absolute atomic E-state index is 0.324. The summed E-state index contributed by atoms with van der Waals surface area (Å²) in [6, 6.07) is 47.9. The number of allylic oxidation sites excluding steroid dienone is 4. The molecule has 0 saturated heterocycles. The van der Waals surface area contributed by atoms with Gasteiger partial charge in [0.25, 0.3) is 0 Å². The molecule has 2 unspecified atom stereocenters. The van der Waals surface area contributed by atoms with Gasteiger partial charge in [-0.1, -0.05) is 127 Å². The Balaban J connectivity index is 1.39. The van der Waals surface area contributed by atoms with Gasteiger partial charge in [-0.25, -0.2) is 4.98 Å². The van der Waals surface area contributed by atoms with E-state index in [0.29, 0.717) is 5.92 Å². The smallest absolute Gasteiger partial charge is 0.0886 e. The van der Waals surface area contributed by atoms with Gasteiger partial charge in [0, 0.05) is 23.2 Å². The third-order valence-corrected chi connectivity index (χ3v) is 8.92. The van der Waals surface area contributed by atoms with Crippen LogP contribution in [0.5, 0.6) is 0 Å². The van der Waals surface area contributed by atoms with Gasteiger partial charge in [-0.15, -0.1) is 0 Å². The van der Waals surface area contributed by atoms with Gasteiger partial charge < -0.3 is 0 Å². The van der Waals surface area contributed by atoms with Crippen LogP contribution in [0.1, 0.15) is 40.3 Å². The van der Waals surface area contributed by atoms with Crippen LogP contribution < -0.4 is 0 Å². The number of fused-ring (bicyclic) bond motifs is 3. The average Bonchev–Trinajstić information content (AvgIpc) is 3.40. The molecular weight excluding hydrogens is 520 g/mol. The van der Waals surface area contributed by atoms with Gasteiger partial charge in [0.15, 0.2) is 0 Å². The number of aromatic nitrogens is 2. The average molecular weight is 551 g/mol. The molecule has 6 aromatic rings. The summed E-state index contributed by atoms with van der Waals surface area (Å²) in [4.78, 5) is 10.3.